The number of nitrogens with zero attached hydrogens (tertiary/aromatic N) is 5. The number of benzene rings is 1. The lowest BCUT2D eigenvalue weighted by molar-refractivity contribution is -0.190. The number of amides is 2. The van der Waals surface area contributed by atoms with E-state index in [-0.39, 0.29) is 42.5 Å². The van der Waals surface area contributed by atoms with Crippen molar-refractivity contribution in [1.82, 2.24) is 24.5 Å². The van der Waals surface area contributed by atoms with Crippen LogP contribution in [0.4, 0.5) is 31.1 Å². The van der Waals surface area contributed by atoms with E-state index in [1.807, 2.05) is 0 Å². The molecular formula is C23H24ClF6N5O3. The Morgan fingerprint density at radius 3 is 2.45 bits per heavy atom. The highest BCUT2D eigenvalue weighted by Crippen LogP contribution is 2.32. The molecule has 1 fully saturated rings. The van der Waals surface area contributed by atoms with Crippen LogP contribution < -0.4 is 0 Å². The molecule has 1 saturated heterocycles. The Kier molecular flexibility index (Phi) is 7.84. The fraction of sp³-hybridized carbons (Fsp3) is 0.522. The minimum atomic E-state index is -4.61. The summed E-state index contributed by atoms with van der Waals surface area (Å²) in [5, 5.41) is 4.10. The highest BCUT2D eigenvalue weighted by Gasteiger charge is 2.46. The van der Waals surface area contributed by atoms with Crippen molar-refractivity contribution in [2.24, 2.45) is 0 Å². The number of hydrogen-bond donors (Lipinski definition) is 0. The van der Waals surface area contributed by atoms with E-state index in [1.165, 1.54) is 28.8 Å². The van der Waals surface area contributed by atoms with Crippen LogP contribution in [0.5, 0.6) is 0 Å². The van der Waals surface area contributed by atoms with Gasteiger partial charge in [-0.05, 0) is 43.3 Å². The molecule has 4 rings (SSSR count). The summed E-state index contributed by atoms with van der Waals surface area (Å²) in [4.78, 5) is 29.2. The number of fused-ring (bicyclic) bond motifs is 1. The van der Waals surface area contributed by atoms with Crippen molar-refractivity contribution < 1.29 is 40.7 Å². The van der Waals surface area contributed by atoms with Gasteiger partial charge in [-0.25, -0.2) is 4.79 Å². The smallest absolute Gasteiger partial charge is 0.416 e. The van der Waals surface area contributed by atoms with Crippen molar-refractivity contribution in [2.45, 2.75) is 44.5 Å². The van der Waals surface area contributed by atoms with Gasteiger partial charge >= 0.3 is 18.4 Å². The molecule has 208 valence electrons. The number of ether oxygens (including phenoxy) is 1. The number of aromatic nitrogens is 2. The Bertz CT molecular complexity index is 1200. The SMILES string of the molecule is CN1CCN(C(=O)c2cc3n(n2)CCCN(C(=O)OCc2cc(Cl)cc(C(F)(F)F)c2)C3)CC1C(F)(F)F. The zero-order chi connectivity index (χ0) is 27.8. The molecule has 15 heteroatoms. The van der Waals surface area contributed by atoms with Crippen LogP contribution in [0.15, 0.2) is 24.3 Å². The largest absolute Gasteiger partial charge is 0.445 e. The molecule has 1 atom stereocenters. The van der Waals surface area contributed by atoms with Crippen LogP contribution in [0.3, 0.4) is 0 Å². The monoisotopic (exact) mass is 567 g/mol. The van der Waals surface area contributed by atoms with Gasteiger partial charge in [0.25, 0.3) is 5.91 Å². The maximum absolute atomic E-state index is 13.3. The lowest BCUT2D eigenvalue weighted by Gasteiger charge is -2.39. The summed E-state index contributed by atoms with van der Waals surface area (Å²) in [6, 6.07) is 2.53. The number of hydrogen-bond acceptors (Lipinski definition) is 5. The second-order valence-corrected chi connectivity index (χ2v) is 9.65. The van der Waals surface area contributed by atoms with Gasteiger partial charge in [0.15, 0.2) is 5.69 Å². The molecule has 1 unspecified atom stereocenters. The van der Waals surface area contributed by atoms with Crippen LogP contribution in [0.25, 0.3) is 0 Å². The Morgan fingerprint density at radius 2 is 1.76 bits per heavy atom. The van der Waals surface area contributed by atoms with Gasteiger partial charge in [-0.2, -0.15) is 31.4 Å². The molecule has 0 saturated carbocycles. The average molecular weight is 568 g/mol. The predicted octanol–water partition coefficient (Wildman–Crippen LogP) is 4.42. The number of likely N-dealkylation sites (N-methyl/N-ethyl adjacent to an activating group) is 1. The molecular weight excluding hydrogens is 544 g/mol. The third kappa shape index (κ3) is 6.34. The molecule has 0 spiro atoms. The van der Waals surface area contributed by atoms with Crippen molar-refractivity contribution in [3.8, 4) is 0 Å². The molecule has 2 aliphatic rings. The fourth-order valence-electron chi connectivity index (χ4n) is 4.43. The van der Waals surface area contributed by atoms with Crippen LogP contribution >= 0.6 is 11.6 Å². The molecule has 2 aliphatic heterocycles. The third-order valence-electron chi connectivity index (χ3n) is 6.45. The molecule has 0 bridgehead atoms. The van der Waals surface area contributed by atoms with E-state index in [2.05, 4.69) is 5.10 Å². The molecule has 38 heavy (non-hydrogen) atoms. The van der Waals surface area contributed by atoms with Crippen LogP contribution in [0.2, 0.25) is 5.02 Å². The number of rotatable bonds is 3. The first-order chi connectivity index (χ1) is 17.7. The number of aryl methyl sites for hydroxylation is 1. The lowest BCUT2D eigenvalue weighted by atomic mass is 10.1. The van der Waals surface area contributed by atoms with E-state index in [0.29, 0.717) is 18.7 Å². The van der Waals surface area contributed by atoms with Crippen molar-refractivity contribution in [2.75, 3.05) is 33.2 Å². The van der Waals surface area contributed by atoms with Gasteiger partial charge in [-0.3, -0.25) is 14.4 Å². The molecule has 1 aromatic carbocycles. The number of halogens is 7. The van der Waals surface area contributed by atoms with Crippen molar-refractivity contribution in [1.29, 1.82) is 0 Å². The molecule has 1 aromatic heterocycles. The number of carbonyl (C=O) groups excluding carboxylic acids is 2. The predicted molar refractivity (Wildman–Crippen MR) is 122 cm³/mol. The van der Waals surface area contributed by atoms with Gasteiger partial charge in [-0.15, -0.1) is 0 Å². The van der Waals surface area contributed by atoms with E-state index in [0.717, 1.165) is 21.9 Å². The third-order valence-corrected chi connectivity index (χ3v) is 6.67. The zero-order valence-electron chi connectivity index (χ0n) is 20.2. The first-order valence-electron chi connectivity index (χ1n) is 11.6. The Morgan fingerprint density at radius 1 is 1.03 bits per heavy atom. The molecule has 2 amide bonds. The number of carbonyl (C=O) groups is 2. The minimum absolute atomic E-state index is 0.00360. The molecule has 0 N–H and O–H groups in total. The van der Waals surface area contributed by atoms with Crippen molar-refractivity contribution in [3.05, 3.63) is 51.8 Å². The number of alkyl halides is 6. The van der Waals surface area contributed by atoms with Gasteiger partial charge in [0.05, 0.1) is 17.8 Å². The molecule has 0 aliphatic carbocycles. The summed E-state index contributed by atoms with van der Waals surface area (Å²) in [6.07, 6.45) is -9.44. The maximum atomic E-state index is 13.3. The summed E-state index contributed by atoms with van der Waals surface area (Å²) >= 11 is 5.77. The van der Waals surface area contributed by atoms with Gasteiger partial charge in [-0.1, -0.05) is 11.6 Å². The standard InChI is InChI=1S/C23H24ClF6N5O3/c1-32-5-6-33(12-19(32)23(28,29)30)20(36)18-10-17-11-34(3-2-4-35(17)31-18)21(37)38-13-14-7-15(22(25,26)27)9-16(24)8-14/h7-10,19H,2-6,11-13H2,1H3. The van der Waals surface area contributed by atoms with E-state index >= 15 is 0 Å². The average Bonchev–Trinajstić information content (AvgIpc) is 3.12. The normalized spacial score (nSPS) is 19.2. The summed E-state index contributed by atoms with van der Waals surface area (Å²) in [5.41, 5.74) is -0.449. The van der Waals surface area contributed by atoms with E-state index in [1.54, 1.807) is 0 Å². The Labute approximate surface area is 218 Å². The maximum Gasteiger partial charge on any atom is 0.416 e. The fourth-order valence-corrected chi connectivity index (χ4v) is 4.69. The van der Waals surface area contributed by atoms with Crippen LogP contribution in [0.1, 0.15) is 33.7 Å². The van der Waals surface area contributed by atoms with Crippen LogP contribution in [-0.2, 0) is 30.6 Å². The molecule has 0 radical (unpaired) electrons. The quantitative estimate of drug-likeness (QED) is 0.514. The summed E-state index contributed by atoms with van der Waals surface area (Å²) in [5.74, 6) is -0.636. The minimum Gasteiger partial charge on any atom is -0.445 e. The topological polar surface area (TPSA) is 70.9 Å². The highest BCUT2D eigenvalue weighted by atomic mass is 35.5. The van der Waals surface area contributed by atoms with Gasteiger partial charge < -0.3 is 14.5 Å². The van der Waals surface area contributed by atoms with Gasteiger partial charge in [0, 0.05) is 37.7 Å². The van der Waals surface area contributed by atoms with E-state index < -0.39 is 49.1 Å². The molecule has 2 aromatic rings. The Balaban J connectivity index is 1.41. The zero-order valence-corrected chi connectivity index (χ0v) is 20.9. The summed E-state index contributed by atoms with van der Waals surface area (Å²) in [6.45, 7) is -0.173. The summed E-state index contributed by atoms with van der Waals surface area (Å²) < 4.78 is 85.8. The van der Waals surface area contributed by atoms with Crippen LogP contribution in [-0.4, -0.2) is 81.9 Å². The van der Waals surface area contributed by atoms with E-state index in [9.17, 15) is 35.9 Å². The van der Waals surface area contributed by atoms with Crippen LogP contribution in [0, 0.1) is 0 Å². The first kappa shape index (κ1) is 28.0. The van der Waals surface area contributed by atoms with E-state index in [4.69, 9.17) is 16.3 Å². The Hall–Kier alpha value is -3.00. The second kappa shape index (κ2) is 10.6. The molecule has 3 heterocycles. The molecule has 8 nitrogen and oxygen atoms in total. The van der Waals surface area contributed by atoms with Gasteiger partial charge in [0.2, 0.25) is 0 Å². The van der Waals surface area contributed by atoms with Gasteiger partial charge in [0.1, 0.15) is 12.6 Å². The van der Waals surface area contributed by atoms with Crippen molar-refractivity contribution in [3.63, 3.8) is 0 Å². The highest BCUT2D eigenvalue weighted by molar-refractivity contribution is 6.30. The number of piperazine rings is 1. The van der Waals surface area contributed by atoms with Crippen molar-refractivity contribution >= 4 is 23.6 Å². The first-order valence-corrected chi connectivity index (χ1v) is 12.0. The lowest BCUT2D eigenvalue weighted by Crippen LogP contribution is -2.58. The second-order valence-electron chi connectivity index (χ2n) is 9.21. The summed E-state index contributed by atoms with van der Waals surface area (Å²) in [7, 11) is 1.36.